The Kier molecular flexibility index (Phi) is 6.06. The number of benzene rings is 2. The van der Waals surface area contributed by atoms with Crippen LogP contribution in [0.2, 0.25) is 0 Å². The van der Waals surface area contributed by atoms with Crippen molar-refractivity contribution in [2.75, 3.05) is 0 Å². The average molecular weight is 484 g/mol. The molecule has 0 aliphatic heterocycles. The van der Waals surface area contributed by atoms with Gasteiger partial charge in [0, 0.05) is 22.8 Å². The molecule has 1 aromatic heterocycles. The van der Waals surface area contributed by atoms with Gasteiger partial charge in [0.1, 0.15) is 5.82 Å². The number of rotatable bonds is 4. The molecule has 0 aliphatic rings. The van der Waals surface area contributed by atoms with Gasteiger partial charge in [-0.2, -0.15) is 18.3 Å². The standard InChI is InChI=1S/C20H14BrF4N3O2/c1-11-8-17(29)18(19(30)26-10-12-9-13(22)6-7-15(12)21)27-28(11)16-5-3-2-4-14(16)20(23,24)25/h2-9H,10H2,1H3,(H,26,30). The molecule has 2 aromatic carbocycles. The number of para-hydroxylation sites is 1. The van der Waals surface area contributed by atoms with E-state index in [4.69, 9.17) is 0 Å². The van der Waals surface area contributed by atoms with Crippen LogP contribution in [0.5, 0.6) is 0 Å². The van der Waals surface area contributed by atoms with Crippen LogP contribution < -0.4 is 10.7 Å². The predicted octanol–water partition coefficient (Wildman–Crippen LogP) is 4.39. The number of carbonyl (C=O) groups is 1. The number of alkyl halides is 3. The Morgan fingerprint density at radius 3 is 2.57 bits per heavy atom. The second-order valence-electron chi connectivity index (χ2n) is 6.34. The average Bonchev–Trinajstić information content (AvgIpc) is 2.68. The maximum Gasteiger partial charge on any atom is 0.418 e. The number of aryl methyl sites for hydroxylation is 1. The summed E-state index contributed by atoms with van der Waals surface area (Å²) in [6, 6.07) is 9.63. The molecule has 5 nitrogen and oxygen atoms in total. The molecule has 0 spiro atoms. The van der Waals surface area contributed by atoms with Gasteiger partial charge in [0.2, 0.25) is 5.43 Å². The molecule has 1 heterocycles. The third-order valence-corrected chi connectivity index (χ3v) is 4.98. The lowest BCUT2D eigenvalue weighted by Gasteiger charge is -2.16. The van der Waals surface area contributed by atoms with Crippen LogP contribution in [-0.4, -0.2) is 15.7 Å². The van der Waals surface area contributed by atoms with E-state index in [-0.39, 0.29) is 17.9 Å². The second kappa shape index (κ2) is 8.39. The second-order valence-corrected chi connectivity index (χ2v) is 7.20. The van der Waals surface area contributed by atoms with Crippen molar-refractivity contribution in [1.82, 2.24) is 15.1 Å². The Balaban J connectivity index is 1.97. The Morgan fingerprint density at radius 2 is 1.87 bits per heavy atom. The molecule has 10 heteroatoms. The number of hydrogen-bond acceptors (Lipinski definition) is 3. The molecule has 1 N–H and O–H groups in total. The number of halogens is 5. The van der Waals surface area contributed by atoms with Crippen LogP contribution in [0.15, 0.2) is 57.8 Å². The topological polar surface area (TPSA) is 64.0 Å². The Bertz CT molecular complexity index is 1180. The highest BCUT2D eigenvalue weighted by atomic mass is 79.9. The van der Waals surface area contributed by atoms with Crippen LogP contribution in [0.4, 0.5) is 17.6 Å². The van der Waals surface area contributed by atoms with E-state index < -0.39 is 34.6 Å². The van der Waals surface area contributed by atoms with Gasteiger partial charge >= 0.3 is 6.18 Å². The third-order valence-electron chi connectivity index (χ3n) is 4.21. The number of aromatic nitrogens is 2. The molecule has 3 rings (SSSR count). The molecule has 30 heavy (non-hydrogen) atoms. The summed E-state index contributed by atoms with van der Waals surface area (Å²) in [4.78, 5) is 24.7. The zero-order valence-electron chi connectivity index (χ0n) is 15.4. The highest BCUT2D eigenvalue weighted by Crippen LogP contribution is 2.33. The normalized spacial score (nSPS) is 11.4. The van der Waals surface area contributed by atoms with Crippen LogP contribution in [-0.2, 0) is 12.7 Å². The van der Waals surface area contributed by atoms with Crippen molar-refractivity contribution in [2.45, 2.75) is 19.6 Å². The summed E-state index contributed by atoms with van der Waals surface area (Å²) in [6.07, 6.45) is -4.65. The van der Waals surface area contributed by atoms with Crippen molar-refractivity contribution >= 4 is 21.8 Å². The number of hydrogen-bond donors (Lipinski definition) is 1. The lowest BCUT2D eigenvalue weighted by atomic mass is 10.1. The summed E-state index contributed by atoms with van der Waals surface area (Å²) in [5.41, 5.74) is -2.06. The quantitative estimate of drug-likeness (QED) is 0.559. The minimum absolute atomic E-state index is 0.120. The smallest absolute Gasteiger partial charge is 0.346 e. The van der Waals surface area contributed by atoms with Crippen molar-refractivity contribution in [3.8, 4) is 5.69 Å². The largest absolute Gasteiger partial charge is 0.418 e. The van der Waals surface area contributed by atoms with Crippen LogP contribution in [0.3, 0.4) is 0 Å². The van der Waals surface area contributed by atoms with Crippen LogP contribution >= 0.6 is 15.9 Å². The molecule has 0 fully saturated rings. The van der Waals surface area contributed by atoms with E-state index >= 15 is 0 Å². The van der Waals surface area contributed by atoms with Gasteiger partial charge in [0.15, 0.2) is 5.69 Å². The zero-order chi connectivity index (χ0) is 22.1. The molecule has 0 saturated carbocycles. The number of nitrogens with zero attached hydrogens (tertiary/aromatic N) is 2. The highest BCUT2D eigenvalue weighted by molar-refractivity contribution is 9.10. The summed E-state index contributed by atoms with van der Waals surface area (Å²) in [7, 11) is 0. The monoisotopic (exact) mass is 483 g/mol. The molecule has 0 radical (unpaired) electrons. The van der Waals surface area contributed by atoms with Crippen LogP contribution in [0.25, 0.3) is 5.69 Å². The van der Waals surface area contributed by atoms with Gasteiger partial charge in [-0.3, -0.25) is 9.59 Å². The summed E-state index contributed by atoms with van der Waals surface area (Å²) in [6.45, 7) is 1.29. The third kappa shape index (κ3) is 4.59. The minimum Gasteiger partial charge on any atom is -0.346 e. The Hall–Kier alpha value is -3.01. The molecule has 0 saturated heterocycles. The molecule has 0 atom stereocenters. The zero-order valence-corrected chi connectivity index (χ0v) is 17.0. The summed E-state index contributed by atoms with van der Waals surface area (Å²) >= 11 is 3.22. The van der Waals surface area contributed by atoms with E-state index in [0.29, 0.717) is 10.0 Å². The maximum absolute atomic E-state index is 13.4. The molecule has 0 unspecified atom stereocenters. The lowest BCUT2D eigenvalue weighted by molar-refractivity contribution is -0.137. The van der Waals surface area contributed by atoms with Crippen molar-refractivity contribution in [1.29, 1.82) is 0 Å². The first-order chi connectivity index (χ1) is 14.1. The van der Waals surface area contributed by atoms with Gasteiger partial charge < -0.3 is 5.32 Å². The molecular formula is C20H14BrF4N3O2. The van der Waals surface area contributed by atoms with E-state index in [1.54, 1.807) is 0 Å². The predicted molar refractivity (Wildman–Crippen MR) is 105 cm³/mol. The van der Waals surface area contributed by atoms with Crippen molar-refractivity contribution in [2.24, 2.45) is 0 Å². The maximum atomic E-state index is 13.4. The van der Waals surface area contributed by atoms with Gasteiger partial charge in [0.25, 0.3) is 5.91 Å². The van der Waals surface area contributed by atoms with Crippen LogP contribution in [0, 0.1) is 12.7 Å². The summed E-state index contributed by atoms with van der Waals surface area (Å²) in [5, 5.41) is 6.31. The molecule has 0 bridgehead atoms. The number of carbonyl (C=O) groups excluding carboxylic acids is 1. The van der Waals surface area contributed by atoms with E-state index in [1.807, 2.05) is 0 Å². The summed E-state index contributed by atoms with van der Waals surface area (Å²) in [5.74, 6) is -1.41. The van der Waals surface area contributed by atoms with E-state index in [9.17, 15) is 27.2 Å². The fourth-order valence-electron chi connectivity index (χ4n) is 2.78. The van der Waals surface area contributed by atoms with Gasteiger partial charge in [0.05, 0.1) is 11.3 Å². The van der Waals surface area contributed by atoms with Crippen LogP contribution in [0.1, 0.15) is 27.3 Å². The van der Waals surface area contributed by atoms with Crippen molar-refractivity contribution < 1.29 is 22.4 Å². The van der Waals surface area contributed by atoms with Gasteiger partial charge in [-0.1, -0.05) is 28.1 Å². The summed E-state index contributed by atoms with van der Waals surface area (Å²) < 4.78 is 54.9. The first kappa shape index (κ1) is 21.7. The Morgan fingerprint density at radius 1 is 1.17 bits per heavy atom. The molecule has 3 aromatic rings. The molecule has 1 amide bonds. The molecule has 0 aliphatic carbocycles. The number of amides is 1. The fourth-order valence-corrected chi connectivity index (χ4v) is 3.17. The molecule has 156 valence electrons. The van der Waals surface area contributed by atoms with Crippen molar-refractivity contribution in [3.05, 3.63) is 91.6 Å². The SMILES string of the molecule is Cc1cc(=O)c(C(=O)NCc2cc(F)ccc2Br)nn1-c1ccccc1C(F)(F)F. The van der Waals surface area contributed by atoms with E-state index in [0.717, 1.165) is 16.8 Å². The first-order valence-corrected chi connectivity index (χ1v) is 9.37. The van der Waals surface area contributed by atoms with Gasteiger partial charge in [-0.15, -0.1) is 0 Å². The Labute approximate surface area is 176 Å². The van der Waals surface area contributed by atoms with Gasteiger partial charge in [-0.05, 0) is 42.8 Å². The molecular weight excluding hydrogens is 470 g/mol. The van der Waals surface area contributed by atoms with Gasteiger partial charge in [-0.25, -0.2) is 9.07 Å². The minimum atomic E-state index is -4.65. The first-order valence-electron chi connectivity index (χ1n) is 8.57. The van der Waals surface area contributed by atoms with E-state index in [1.165, 1.54) is 43.3 Å². The van der Waals surface area contributed by atoms with E-state index in [2.05, 4.69) is 26.3 Å². The fraction of sp³-hybridized carbons (Fsp3) is 0.150. The highest BCUT2D eigenvalue weighted by Gasteiger charge is 2.34. The number of nitrogens with one attached hydrogen (secondary N) is 1. The van der Waals surface area contributed by atoms with Crippen molar-refractivity contribution in [3.63, 3.8) is 0 Å². The lowest BCUT2D eigenvalue weighted by Crippen LogP contribution is -2.32.